The maximum absolute atomic E-state index is 12.4. The zero-order chi connectivity index (χ0) is 15.7. The lowest BCUT2D eigenvalue weighted by atomic mass is 10.2. The van der Waals surface area contributed by atoms with Crippen LogP contribution in [-0.2, 0) is 0 Å². The number of halogens is 2. The van der Waals surface area contributed by atoms with Gasteiger partial charge in [0.05, 0.1) is 21.7 Å². The van der Waals surface area contributed by atoms with Crippen molar-refractivity contribution in [2.75, 3.05) is 26.2 Å². The van der Waals surface area contributed by atoms with E-state index >= 15 is 0 Å². The minimum atomic E-state index is -0.149. The monoisotopic (exact) mass is 358 g/mol. The van der Waals surface area contributed by atoms with Crippen LogP contribution in [0, 0.1) is 0 Å². The van der Waals surface area contributed by atoms with Crippen LogP contribution in [0.4, 0.5) is 0 Å². The number of amides is 2. The fourth-order valence-corrected chi connectivity index (χ4v) is 3.79. The van der Waals surface area contributed by atoms with Crippen molar-refractivity contribution in [1.82, 2.24) is 9.80 Å². The van der Waals surface area contributed by atoms with Crippen LogP contribution in [0.3, 0.4) is 0 Å². The highest BCUT2D eigenvalue weighted by atomic mass is 35.5. The molecule has 3 heterocycles. The van der Waals surface area contributed by atoms with Crippen LogP contribution >= 0.6 is 34.5 Å². The highest BCUT2D eigenvalue weighted by Crippen LogP contribution is 2.32. The summed E-state index contributed by atoms with van der Waals surface area (Å²) in [5.41, 5.74) is 0.943. The fraction of sp³-hybridized carbons (Fsp3) is 0.286. The van der Waals surface area contributed by atoms with Gasteiger partial charge in [-0.3, -0.25) is 9.59 Å². The number of piperazine rings is 1. The van der Waals surface area contributed by atoms with E-state index < -0.39 is 0 Å². The molecule has 22 heavy (non-hydrogen) atoms. The first-order valence-corrected chi connectivity index (χ1v) is 8.19. The van der Waals surface area contributed by atoms with Crippen molar-refractivity contribution in [2.24, 2.45) is 0 Å². The Labute approximate surface area is 141 Å². The normalized spacial score (nSPS) is 15.2. The number of furan rings is 1. The molecule has 0 unspecified atom stereocenters. The zero-order valence-electron chi connectivity index (χ0n) is 11.4. The molecule has 0 aliphatic carbocycles. The molecule has 2 amide bonds. The SMILES string of the molecule is O=C(c1ccoc1)N1CCN(C(=O)c2cc(Cl)sc2Cl)CC1. The van der Waals surface area contributed by atoms with Crippen molar-refractivity contribution >= 4 is 46.4 Å². The topological polar surface area (TPSA) is 53.8 Å². The summed E-state index contributed by atoms with van der Waals surface area (Å²) < 4.78 is 5.80. The van der Waals surface area contributed by atoms with E-state index in [4.69, 9.17) is 27.6 Å². The van der Waals surface area contributed by atoms with E-state index in [1.54, 1.807) is 21.9 Å². The number of nitrogens with zero attached hydrogens (tertiary/aromatic N) is 2. The first-order chi connectivity index (χ1) is 10.6. The van der Waals surface area contributed by atoms with E-state index in [0.717, 1.165) is 0 Å². The van der Waals surface area contributed by atoms with Crippen LogP contribution in [0.25, 0.3) is 0 Å². The third-order valence-electron chi connectivity index (χ3n) is 3.51. The molecule has 116 valence electrons. The molecule has 0 atom stereocenters. The Morgan fingerprint density at radius 3 is 2.23 bits per heavy atom. The maximum atomic E-state index is 12.4. The number of hydrogen-bond acceptors (Lipinski definition) is 4. The van der Waals surface area contributed by atoms with Gasteiger partial charge >= 0.3 is 0 Å². The van der Waals surface area contributed by atoms with E-state index in [1.165, 1.54) is 23.9 Å². The second kappa shape index (κ2) is 6.32. The Morgan fingerprint density at radius 1 is 1.09 bits per heavy atom. The van der Waals surface area contributed by atoms with Crippen molar-refractivity contribution in [3.63, 3.8) is 0 Å². The molecule has 3 rings (SSSR count). The van der Waals surface area contributed by atoms with Gasteiger partial charge in [0.15, 0.2) is 0 Å². The highest BCUT2D eigenvalue weighted by molar-refractivity contribution is 7.20. The summed E-state index contributed by atoms with van der Waals surface area (Å²) in [4.78, 5) is 28.0. The lowest BCUT2D eigenvalue weighted by Gasteiger charge is -2.34. The van der Waals surface area contributed by atoms with Gasteiger partial charge in [-0.05, 0) is 12.1 Å². The van der Waals surface area contributed by atoms with Crippen LogP contribution in [0.15, 0.2) is 29.1 Å². The molecule has 1 saturated heterocycles. The zero-order valence-corrected chi connectivity index (χ0v) is 13.7. The second-order valence-electron chi connectivity index (χ2n) is 4.83. The molecule has 0 saturated carbocycles. The summed E-state index contributed by atoms with van der Waals surface area (Å²) in [6.45, 7) is 1.88. The number of thiophene rings is 1. The molecule has 0 aromatic carbocycles. The lowest BCUT2D eigenvalue weighted by Crippen LogP contribution is -2.50. The Balaban J connectivity index is 1.63. The summed E-state index contributed by atoms with van der Waals surface area (Å²) in [6, 6.07) is 3.22. The van der Waals surface area contributed by atoms with Crippen molar-refractivity contribution < 1.29 is 14.0 Å². The fourth-order valence-electron chi connectivity index (χ4n) is 2.34. The standard InChI is InChI=1S/C14H12Cl2N2O3S/c15-11-7-10(12(16)22-11)14(20)18-4-2-17(3-5-18)13(19)9-1-6-21-8-9/h1,6-8H,2-5H2. The Kier molecular flexibility index (Phi) is 4.42. The summed E-state index contributed by atoms with van der Waals surface area (Å²) in [7, 11) is 0. The molecule has 1 aliphatic heterocycles. The molecular weight excluding hydrogens is 347 g/mol. The molecule has 5 nitrogen and oxygen atoms in total. The molecule has 0 N–H and O–H groups in total. The van der Waals surface area contributed by atoms with Crippen molar-refractivity contribution in [3.05, 3.63) is 44.5 Å². The minimum Gasteiger partial charge on any atom is -0.472 e. The molecular formula is C14H12Cl2N2O3S. The maximum Gasteiger partial charge on any atom is 0.257 e. The van der Waals surface area contributed by atoms with E-state index in [-0.39, 0.29) is 11.8 Å². The third-order valence-corrected chi connectivity index (χ3v) is 5.00. The molecule has 8 heteroatoms. The predicted octanol–water partition coefficient (Wildman–Crippen LogP) is 3.25. The van der Waals surface area contributed by atoms with Crippen molar-refractivity contribution in [1.29, 1.82) is 0 Å². The first-order valence-electron chi connectivity index (χ1n) is 6.62. The summed E-state index contributed by atoms with van der Waals surface area (Å²) in [6.07, 6.45) is 2.89. The second-order valence-corrected chi connectivity index (χ2v) is 7.12. The van der Waals surface area contributed by atoms with Crippen molar-refractivity contribution in [3.8, 4) is 0 Å². The van der Waals surface area contributed by atoms with Crippen LogP contribution in [0.5, 0.6) is 0 Å². The molecule has 2 aromatic heterocycles. The Hall–Kier alpha value is -1.50. The number of carbonyl (C=O) groups is 2. The van der Waals surface area contributed by atoms with Gasteiger partial charge in [0.25, 0.3) is 11.8 Å². The van der Waals surface area contributed by atoms with E-state index in [0.29, 0.717) is 46.0 Å². The van der Waals surface area contributed by atoms with Crippen LogP contribution < -0.4 is 0 Å². The Bertz CT molecular complexity index is 691. The van der Waals surface area contributed by atoms with Gasteiger partial charge in [0.2, 0.25) is 0 Å². The van der Waals surface area contributed by atoms with Crippen LogP contribution in [0.2, 0.25) is 8.67 Å². The predicted molar refractivity (Wildman–Crippen MR) is 84.9 cm³/mol. The number of hydrogen-bond donors (Lipinski definition) is 0. The number of carbonyl (C=O) groups excluding carboxylic acids is 2. The molecule has 0 radical (unpaired) electrons. The quantitative estimate of drug-likeness (QED) is 0.827. The Morgan fingerprint density at radius 2 is 1.73 bits per heavy atom. The summed E-state index contributed by atoms with van der Waals surface area (Å²) >= 11 is 13.1. The lowest BCUT2D eigenvalue weighted by molar-refractivity contribution is 0.0535. The average Bonchev–Trinajstić information content (AvgIpc) is 3.15. The van der Waals surface area contributed by atoms with Gasteiger partial charge in [-0.25, -0.2) is 0 Å². The van der Waals surface area contributed by atoms with E-state index in [1.807, 2.05) is 0 Å². The van der Waals surface area contributed by atoms with Gasteiger partial charge in [-0.2, -0.15) is 0 Å². The largest absolute Gasteiger partial charge is 0.472 e. The van der Waals surface area contributed by atoms with Crippen LogP contribution in [-0.4, -0.2) is 47.8 Å². The van der Waals surface area contributed by atoms with Crippen LogP contribution in [0.1, 0.15) is 20.7 Å². The molecule has 0 spiro atoms. The molecule has 0 bridgehead atoms. The van der Waals surface area contributed by atoms with Gasteiger partial charge in [0.1, 0.15) is 10.6 Å². The van der Waals surface area contributed by atoms with Gasteiger partial charge in [0, 0.05) is 26.2 Å². The summed E-state index contributed by atoms with van der Waals surface area (Å²) in [5.74, 6) is -0.235. The van der Waals surface area contributed by atoms with Gasteiger partial charge in [-0.15, -0.1) is 11.3 Å². The molecule has 1 aliphatic rings. The van der Waals surface area contributed by atoms with E-state index in [2.05, 4.69) is 0 Å². The molecule has 1 fully saturated rings. The minimum absolute atomic E-state index is 0.0857. The summed E-state index contributed by atoms with van der Waals surface area (Å²) in [5, 5.41) is 0. The highest BCUT2D eigenvalue weighted by Gasteiger charge is 2.27. The number of rotatable bonds is 2. The third kappa shape index (κ3) is 2.99. The van der Waals surface area contributed by atoms with Gasteiger partial charge in [-0.1, -0.05) is 23.2 Å². The van der Waals surface area contributed by atoms with Gasteiger partial charge < -0.3 is 14.2 Å². The van der Waals surface area contributed by atoms with Crippen molar-refractivity contribution in [2.45, 2.75) is 0 Å². The molecule has 2 aromatic rings. The smallest absolute Gasteiger partial charge is 0.257 e. The average molecular weight is 359 g/mol. The van der Waals surface area contributed by atoms with E-state index in [9.17, 15) is 9.59 Å². The first kappa shape index (κ1) is 15.4.